The van der Waals surface area contributed by atoms with Crippen LogP contribution in [0.2, 0.25) is 0 Å². The average molecular weight is 359 g/mol. The second kappa shape index (κ2) is 5.69. The molecule has 1 amide bonds. The topological polar surface area (TPSA) is 66.4 Å². The molecular weight excluding hydrogens is 345 g/mol. The molecule has 2 N–H and O–H groups in total. The normalized spacial score (nSPS) is 22.7. The molecular formula is C13H14INO3. The highest BCUT2D eigenvalue weighted by atomic mass is 127. The number of benzene rings is 1. The summed E-state index contributed by atoms with van der Waals surface area (Å²) in [5.41, 5.74) is 0.626. The first-order valence-corrected chi connectivity index (χ1v) is 6.93. The van der Waals surface area contributed by atoms with Crippen LogP contribution in [0.5, 0.6) is 0 Å². The lowest BCUT2D eigenvalue weighted by Gasteiger charge is -2.12. The van der Waals surface area contributed by atoms with Crippen molar-refractivity contribution < 1.29 is 14.7 Å². The van der Waals surface area contributed by atoms with Crippen LogP contribution in [0.4, 0.5) is 0 Å². The van der Waals surface area contributed by atoms with E-state index in [0.717, 1.165) is 9.99 Å². The Morgan fingerprint density at radius 2 is 2.11 bits per heavy atom. The quantitative estimate of drug-likeness (QED) is 0.814. The monoisotopic (exact) mass is 359 g/mol. The van der Waals surface area contributed by atoms with E-state index in [9.17, 15) is 9.59 Å². The van der Waals surface area contributed by atoms with Crippen LogP contribution in [0.1, 0.15) is 29.6 Å². The predicted octanol–water partition coefficient (Wildman–Crippen LogP) is 2.27. The molecule has 1 aliphatic rings. The Kier molecular flexibility index (Phi) is 4.21. The summed E-state index contributed by atoms with van der Waals surface area (Å²) in [5, 5.41) is 11.8. The van der Waals surface area contributed by atoms with Crippen LogP contribution in [0.3, 0.4) is 0 Å². The maximum atomic E-state index is 12.0. The largest absolute Gasteiger partial charge is 0.481 e. The van der Waals surface area contributed by atoms with Gasteiger partial charge < -0.3 is 10.4 Å². The molecule has 0 unspecified atom stereocenters. The summed E-state index contributed by atoms with van der Waals surface area (Å²) in [5.74, 6) is -1.20. The van der Waals surface area contributed by atoms with Crippen molar-refractivity contribution in [2.45, 2.75) is 25.3 Å². The van der Waals surface area contributed by atoms with E-state index in [4.69, 9.17) is 5.11 Å². The molecule has 1 aromatic carbocycles. The molecule has 1 fully saturated rings. The zero-order chi connectivity index (χ0) is 13.1. The lowest BCUT2D eigenvalue weighted by molar-refractivity contribution is -0.141. The van der Waals surface area contributed by atoms with Crippen LogP contribution < -0.4 is 5.32 Å². The van der Waals surface area contributed by atoms with Crippen molar-refractivity contribution in [3.05, 3.63) is 33.4 Å². The summed E-state index contributed by atoms with van der Waals surface area (Å²) in [4.78, 5) is 22.8. The molecule has 1 saturated carbocycles. The first kappa shape index (κ1) is 13.3. The Hall–Kier alpha value is -1.11. The lowest BCUT2D eigenvalue weighted by atomic mass is 10.1. The molecule has 0 spiro atoms. The molecule has 0 aromatic heterocycles. The van der Waals surface area contributed by atoms with E-state index >= 15 is 0 Å². The number of rotatable bonds is 3. The Morgan fingerprint density at radius 3 is 2.72 bits per heavy atom. The lowest BCUT2D eigenvalue weighted by Crippen LogP contribution is -2.33. The van der Waals surface area contributed by atoms with Crippen molar-refractivity contribution in [3.8, 4) is 0 Å². The smallest absolute Gasteiger partial charge is 0.306 e. The van der Waals surface area contributed by atoms with Gasteiger partial charge in [-0.2, -0.15) is 0 Å². The summed E-state index contributed by atoms with van der Waals surface area (Å²) in [7, 11) is 0. The van der Waals surface area contributed by atoms with Gasteiger partial charge in [0.25, 0.3) is 5.91 Å². The Labute approximate surface area is 119 Å². The van der Waals surface area contributed by atoms with Crippen LogP contribution in [0.25, 0.3) is 0 Å². The van der Waals surface area contributed by atoms with E-state index in [-0.39, 0.29) is 17.9 Å². The van der Waals surface area contributed by atoms with Gasteiger partial charge >= 0.3 is 5.97 Å². The van der Waals surface area contributed by atoms with Crippen molar-refractivity contribution in [1.29, 1.82) is 0 Å². The van der Waals surface area contributed by atoms with Crippen molar-refractivity contribution >= 4 is 34.5 Å². The second-order valence-electron chi connectivity index (χ2n) is 4.53. The standard InChI is InChI=1S/C13H14INO3/c14-10-3-1-2-8(6-10)12(16)15-11-5-4-9(7-11)13(17)18/h1-3,6,9,11H,4-5,7H2,(H,15,16)(H,17,18)/t9-,11+/m1/s1. The van der Waals surface area contributed by atoms with Crippen LogP contribution in [-0.4, -0.2) is 23.0 Å². The highest BCUT2D eigenvalue weighted by molar-refractivity contribution is 14.1. The van der Waals surface area contributed by atoms with Crippen LogP contribution >= 0.6 is 22.6 Å². The van der Waals surface area contributed by atoms with Crippen LogP contribution in [-0.2, 0) is 4.79 Å². The fourth-order valence-corrected chi connectivity index (χ4v) is 2.78. The Balaban J connectivity index is 1.95. The van der Waals surface area contributed by atoms with Gasteiger partial charge in [0.2, 0.25) is 0 Å². The third-order valence-electron chi connectivity index (χ3n) is 3.20. The van der Waals surface area contributed by atoms with E-state index in [1.807, 2.05) is 18.2 Å². The number of carboxylic acid groups (broad SMARTS) is 1. The zero-order valence-electron chi connectivity index (χ0n) is 9.73. The van der Waals surface area contributed by atoms with Crippen LogP contribution in [0.15, 0.2) is 24.3 Å². The minimum atomic E-state index is -0.763. The van der Waals surface area contributed by atoms with Crippen molar-refractivity contribution in [1.82, 2.24) is 5.32 Å². The van der Waals surface area contributed by atoms with E-state index in [2.05, 4.69) is 27.9 Å². The Bertz CT molecular complexity index is 475. The average Bonchev–Trinajstić information content (AvgIpc) is 2.77. The van der Waals surface area contributed by atoms with E-state index in [1.54, 1.807) is 6.07 Å². The summed E-state index contributed by atoms with van der Waals surface area (Å²) in [6, 6.07) is 7.33. The fraction of sp³-hybridized carbons (Fsp3) is 0.385. The molecule has 0 bridgehead atoms. The van der Waals surface area contributed by atoms with Gasteiger partial charge in [0.1, 0.15) is 0 Å². The summed E-state index contributed by atoms with van der Waals surface area (Å²) in [6.45, 7) is 0. The van der Waals surface area contributed by atoms with Crippen molar-refractivity contribution in [2.24, 2.45) is 5.92 Å². The van der Waals surface area contributed by atoms with E-state index in [1.165, 1.54) is 0 Å². The van der Waals surface area contributed by atoms with Gasteiger partial charge in [-0.05, 0) is 60.1 Å². The molecule has 1 aliphatic carbocycles. The molecule has 4 nitrogen and oxygen atoms in total. The zero-order valence-corrected chi connectivity index (χ0v) is 11.9. The number of carboxylic acids is 1. The molecule has 2 rings (SSSR count). The van der Waals surface area contributed by atoms with Gasteiger partial charge in [0.05, 0.1) is 5.92 Å². The number of nitrogens with one attached hydrogen (secondary N) is 1. The number of amides is 1. The van der Waals surface area contributed by atoms with Gasteiger partial charge in [-0.3, -0.25) is 9.59 Å². The molecule has 0 saturated heterocycles. The van der Waals surface area contributed by atoms with Gasteiger partial charge in [-0.1, -0.05) is 6.07 Å². The summed E-state index contributed by atoms with van der Waals surface area (Å²) < 4.78 is 1.01. The minimum Gasteiger partial charge on any atom is -0.481 e. The molecule has 0 heterocycles. The third-order valence-corrected chi connectivity index (χ3v) is 3.87. The number of hydrogen-bond acceptors (Lipinski definition) is 2. The molecule has 96 valence electrons. The SMILES string of the molecule is O=C(N[C@H]1CC[C@@H](C(=O)O)C1)c1cccc(I)c1. The van der Waals surface area contributed by atoms with Gasteiger partial charge in [-0.15, -0.1) is 0 Å². The predicted molar refractivity (Wildman–Crippen MR) is 75.4 cm³/mol. The molecule has 1 aromatic rings. The van der Waals surface area contributed by atoms with E-state index in [0.29, 0.717) is 18.4 Å². The van der Waals surface area contributed by atoms with Crippen LogP contribution in [0, 0.1) is 9.49 Å². The van der Waals surface area contributed by atoms with E-state index < -0.39 is 5.97 Å². The number of hydrogen-bond donors (Lipinski definition) is 2. The van der Waals surface area contributed by atoms with Crippen molar-refractivity contribution in [2.75, 3.05) is 0 Å². The molecule has 5 heteroatoms. The molecule has 0 aliphatic heterocycles. The number of carbonyl (C=O) groups is 2. The van der Waals surface area contributed by atoms with Gasteiger partial charge in [0.15, 0.2) is 0 Å². The van der Waals surface area contributed by atoms with Crippen molar-refractivity contribution in [3.63, 3.8) is 0 Å². The fourth-order valence-electron chi connectivity index (χ4n) is 2.24. The first-order chi connectivity index (χ1) is 8.56. The molecule has 18 heavy (non-hydrogen) atoms. The minimum absolute atomic E-state index is 0.0172. The van der Waals surface area contributed by atoms with Gasteiger partial charge in [-0.25, -0.2) is 0 Å². The summed E-state index contributed by atoms with van der Waals surface area (Å²) >= 11 is 2.16. The third kappa shape index (κ3) is 3.22. The first-order valence-electron chi connectivity index (χ1n) is 5.85. The van der Waals surface area contributed by atoms with Gasteiger partial charge in [0, 0.05) is 15.2 Å². The number of carbonyl (C=O) groups excluding carboxylic acids is 1. The molecule has 0 radical (unpaired) electrons. The highest BCUT2D eigenvalue weighted by Crippen LogP contribution is 2.25. The maximum Gasteiger partial charge on any atom is 0.306 e. The number of halogens is 1. The highest BCUT2D eigenvalue weighted by Gasteiger charge is 2.30. The Morgan fingerprint density at radius 1 is 1.33 bits per heavy atom. The number of aliphatic carboxylic acids is 1. The molecule has 2 atom stereocenters. The second-order valence-corrected chi connectivity index (χ2v) is 5.77. The summed E-state index contributed by atoms with van der Waals surface area (Å²) in [6.07, 6.45) is 1.92. The maximum absolute atomic E-state index is 12.0.